The lowest BCUT2D eigenvalue weighted by Gasteiger charge is -2.15. The minimum absolute atomic E-state index is 0.0274. The summed E-state index contributed by atoms with van der Waals surface area (Å²) in [5, 5.41) is 8.78. The second-order valence-electron chi connectivity index (χ2n) is 8.50. The van der Waals surface area contributed by atoms with E-state index in [9.17, 15) is 14.4 Å². The lowest BCUT2D eigenvalue weighted by molar-refractivity contribution is -0.116. The standard InChI is InChI=1S/C25H27N5O3S/c1-13-10-14(2)21(15(3)11-13)28-23(32)22-16(4)26-25(34-22)29-24(33)27-19-7-6-18-8-9-30(17(5)31)20(18)12-19/h6-7,10-12H,8-9H2,1-5H3,(H,28,32)(H2,26,27,29,33). The van der Waals surface area contributed by atoms with E-state index in [0.29, 0.717) is 27.9 Å². The van der Waals surface area contributed by atoms with Gasteiger partial charge < -0.3 is 15.5 Å². The molecule has 0 unspecified atom stereocenters. The molecule has 1 aromatic heterocycles. The highest BCUT2D eigenvalue weighted by molar-refractivity contribution is 7.17. The highest BCUT2D eigenvalue weighted by Crippen LogP contribution is 2.31. The molecule has 2 heterocycles. The molecule has 1 aliphatic heterocycles. The lowest BCUT2D eigenvalue weighted by atomic mass is 10.1. The molecule has 34 heavy (non-hydrogen) atoms. The van der Waals surface area contributed by atoms with Crippen molar-refractivity contribution in [1.29, 1.82) is 0 Å². The Morgan fingerprint density at radius 2 is 1.68 bits per heavy atom. The maximum atomic E-state index is 12.9. The third kappa shape index (κ3) is 4.79. The molecule has 9 heteroatoms. The van der Waals surface area contributed by atoms with Crippen LogP contribution in [0.15, 0.2) is 30.3 Å². The normalized spacial score (nSPS) is 12.3. The summed E-state index contributed by atoms with van der Waals surface area (Å²) >= 11 is 1.12. The first kappa shape index (κ1) is 23.4. The van der Waals surface area contributed by atoms with Gasteiger partial charge in [-0.25, -0.2) is 9.78 Å². The number of aromatic nitrogens is 1. The zero-order valence-electron chi connectivity index (χ0n) is 19.8. The second-order valence-corrected chi connectivity index (χ2v) is 9.50. The van der Waals surface area contributed by atoms with Crippen LogP contribution in [0.4, 0.5) is 27.0 Å². The Morgan fingerprint density at radius 3 is 2.35 bits per heavy atom. The Balaban J connectivity index is 1.44. The van der Waals surface area contributed by atoms with Crippen LogP contribution in [0.1, 0.15) is 44.5 Å². The molecule has 8 nitrogen and oxygen atoms in total. The van der Waals surface area contributed by atoms with Gasteiger partial charge in [-0.1, -0.05) is 35.1 Å². The van der Waals surface area contributed by atoms with Gasteiger partial charge in [-0.15, -0.1) is 0 Å². The maximum Gasteiger partial charge on any atom is 0.325 e. The highest BCUT2D eigenvalue weighted by Gasteiger charge is 2.23. The molecule has 0 saturated heterocycles. The van der Waals surface area contributed by atoms with Crippen molar-refractivity contribution in [3.63, 3.8) is 0 Å². The number of aryl methyl sites for hydroxylation is 4. The average Bonchev–Trinajstić information content (AvgIpc) is 3.33. The smallest absolute Gasteiger partial charge is 0.321 e. The van der Waals surface area contributed by atoms with Crippen molar-refractivity contribution in [2.45, 2.75) is 41.0 Å². The van der Waals surface area contributed by atoms with E-state index in [1.807, 2.05) is 39.0 Å². The van der Waals surface area contributed by atoms with Gasteiger partial charge in [-0.05, 0) is 62.9 Å². The van der Waals surface area contributed by atoms with Crippen LogP contribution in [0.2, 0.25) is 0 Å². The Labute approximate surface area is 202 Å². The van der Waals surface area contributed by atoms with Crippen molar-refractivity contribution >= 4 is 51.4 Å². The largest absolute Gasteiger partial charge is 0.325 e. The van der Waals surface area contributed by atoms with E-state index in [2.05, 4.69) is 20.9 Å². The number of hydrogen-bond donors (Lipinski definition) is 3. The molecule has 3 N–H and O–H groups in total. The van der Waals surface area contributed by atoms with Crippen LogP contribution >= 0.6 is 11.3 Å². The van der Waals surface area contributed by atoms with Gasteiger partial charge in [0.2, 0.25) is 5.91 Å². The Kier molecular flexibility index (Phi) is 6.39. The zero-order chi connectivity index (χ0) is 24.6. The molecule has 1 aliphatic rings. The summed E-state index contributed by atoms with van der Waals surface area (Å²) in [6.45, 7) is 9.85. The molecule has 0 aliphatic carbocycles. The summed E-state index contributed by atoms with van der Waals surface area (Å²) in [6, 6.07) is 9.08. The molecule has 3 aromatic rings. The van der Waals surface area contributed by atoms with E-state index < -0.39 is 6.03 Å². The third-order valence-corrected chi connectivity index (χ3v) is 6.83. The first-order chi connectivity index (χ1) is 16.1. The molecule has 0 spiro atoms. The SMILES string of the molecule is CC(=O)N1CCc2ccc(NC(=O)Nc3nc(C)c(C(=O)Nc4c(C)cc(C)cc4C)s3)cc21. The molecule has 0 fully saturated rings. The maximum absolute atomic E-state index is 12.9. The van der Waals surface area contributed by atoms with E-state index in [1.54, 1.807) is 24.0 Å². The van der Waals surface area contributed by atoms with Crippen LogP contribution in [0, 0.1) is 27.7 Å². The number of nitrogens with one attached hydrogen (secondary N) is 3. The number of fused-ring (bicyclic) bond motifs is 1. The average molecular weight is 478 g/mol. The zero-order valence-corrected chi connectivity index (χ0v) is 20.6. The van der Waals surface area contributed by atoms with Crippen LogP contribution in [0.25, 0.3) is 0 Å². The number of nitrogens with zero attached hydrogens (tertiary/aromatic N) is 2. The Hall–Kier alpha value is -3.72. The van der Waals surface area contributed by atoms with Crippen LogP contribution in [0.3, 0.4) is 0 Å². The number of thiazole rings is 1. The van der Waals surface area contributed by atoms with E-state index in [4.69, 9.17) is 0 Å². The van der Waals surface area contributed by atoms with E-state index in [1.165, 1.54) is 6.92 Å². The number of amides is 4. The first-order valence-corrected chi connectivity index (χ1v) is 11.8. The van der Waals surface area contributed by atoms with Gasteiger partial charge >= 0.3 is 6.03 Å². The fourth-order valence-corrected chi connectivity index (χ4v) is 5.11. The Morgan fingerprint density at radius 1 is 0.971 bits per heavy atom. The summed E-state index contributed by atoms with van der Waals surface area (Å²) in [5.41, 5.74) is 6.90. The third-order valence-electron chi connectivity index (χ3n) is 5.76. The van der Waals surface area contributed by atoms with Gasteiger partial charge in [0.25, 0.3) is 5.91 Å². The molecule has 2 aromatic carbocycles. The monoisotopic (exact) mass is 477 g/mol. The second kappa shape index (κ2) is 9.26. The van der Waals surface area contributed by atoms with Crippen molar-refractivity contribution in [2.24, 2.45) is 0 Å². The van der Waals surface area contributed by atoms with E-state index in [-0.39, 0.29) is 11.8 Å². The van der Waals surface area contributed by atoms with Crippen LogP contribution in [-0.4, -0.2) is 29.4 Å². The summed E-state index contributed by atoms with van der Waals surface area (Å²) in [6.07, 6.45) is 0.798. The van der Waals surface area contributed by atoms with Crippen LogP contribution in [0.5, 0.6) is 0 Å². The van der Waals surface area contributed by atoms with E-state index in [0.717, 1.165) is 51.4 Å². The van der Waals surface area contributed by atoms with Crippen molar-refractivity contribution in [2.75, 3.05) is 27.4 Å². The minimum Gasteiger partial charge on any atom is -0.321 e. The minimum atomic E-state index is -0.474. The molecule has 4 amide bonds. The number of anilines is 4. The fraction of sp³-hybridized carbons (Fsp3) is 0.280. The number of hydrogen-bond acceptors (Lipinski definition) is 5. The van der Waals surface area contributed by atoms with Gasteiger partial charge in [0.05, 0.1) is 5.69 Å². The van der Waals surface area contributed by atoms with Gasteiger partial charge in [0.15, 0.2) is 5.13 Å². The highest BCUT2D eigenvalue weighted by atomic mass is 32.1. The van der Waals surface area contributed by atoms with Crippen molar-refractivity contribution in [3.8, 4) is 0 Å². The summed E-state index contributed by atoms with van der Waals surface area (Å²) in [7, 11) is 0. The summed E-state index contributed by atoms with van der Waals surface area (Å²) < 4.78 is 0. The predicted octanol–water partition coefficient (Wildman–Crippen LogP) is 5.18. The molecule has 0 radical (unpaired) electrons. The van der Waals surface area contributed by atoms with E-state index >= 15 is 0 Å². The quantitative estimate of drug-likeness (QED) is 0.481. The summed E-state index contributed by atoms with van der Waals surface area (Å²) in [4.78, 5) is 43.8. The molecular formula is C25H27N5O3S. The fourth-order valence-electron chi connectivity index (χ4n) is 4.25. The van der Waals surface area contributed by atoms with Gasteiger partial charge in [0, 0.05) is 30.5 Å². The molecule has 0 atom stereocenters. The van der Waals surface area contributed by atoms with Crippen molar-refractivity contribution in [1.82, 2.24) is 4.98 Å². The topological polar surface area (TPSA) is 103 Å². The molecule has 0 saturated carbocycles. The van der Waals surface area contributed by atoms with Crippen LogP contribution < -0.4 is 20.9 Å². The van der Waals surface area contributed by atoms with Crippen molar-refractivity contribution in [3.05, 3.63) is 63.2 Å². The number of rotatable bonds is 4. The number of benzene rings is 2. The molecule has 0 bridgehead atoms. The molecule has 176 valence electrons. The van der Waals surface area contributed by atoms with Crippen LogP contribution in [-0.2, 0) is 11.2 Å². The molecular weight excluding hydrogens is 450 g/mol. The van der Waals surface area contributed by atoms with Crippen molar-refractivity contribution < 1.29 is 14.4 Å². The number of carbonyl (C=O) groups excluding carboxylic acids is 3. The lowest BCUT2D eigenvalue weighted by Crippen LogP contribution is -2.26. The summed E-state index contributed by atoms with van der Waals surface area (Å²) in [5.74, 6) is -0.290. The first-order valence-electron chi connectivity index (χ1n) is 11.0. The number of urea groups is 1. The van der Waals surface area contributed by atoms with Gasteiger partial charge in [0.1, 0.15) is 4.88 Å². The van der Waals surface area contributed by atoms with Gasteiger partial charge in [-0.2, -0.15) is 0 Å². The predicted molar refractivity (Wildman–Crippen MR) is 136 cm³/mol. The Bertz CT molecular complexity index is 1290. The number of carbonyl (C=O) groups is 3. The van der Waals surface area contributed by atoms with Gasteiger partial charge in [-0.3, -0.25) is 14.9 Å². The molecule has 4 rings (SSSR count).